The molecule has 1 aliphatic carbocycles. The van der Waals surface area contributed by atoms with Gasteiger partial charge in [-0.05, 0) is 30.4 Å². The predicted octanol–water partition coefficient (Wildman–Crippen LogP) is 3.19. The lowest BCUT2D eigenvalue weighted by Gasteiger charge is -2.27. The van der Waals surface area contributed by atoms with Crippen molar-refractivity contribution in [3.63, 3.8) is 0 Å². The normalized spacial score (nSPS) is 23.4. The van der Waals surface area contributed by atoms with Gasteiger partial charge in [0.1, 0.15) is 0 Å². The summed E-state index contributed by atoms with van der Waals surface area (Å²) in [6.07, 6.45) is 7.64. The summed E-state index contributed by atoms with van der Waals surface area (Å²) in [5.74, 6) is 0.188. The molecule has 0 aromatic carbocycles. The van der Waals surface area contributed by atoms with E-state index in [1.54, 1.807) is 0 Å². The average molecular weight is 321 g/mol. The standard InChI is InChI=1S/C16H23N3O2S/c20-15-10-12(17-16(21)18-14-8-5-9-22-14)11-19(15)13-6-3-1-2-4-7-13/h5,8-9,12-13H,1-4,6-7,10-11H2,(H2,17,18,21). The Hall–Kier alpha value is -1.56. The molecule has 5 nitrogen and oxygen atoms in total. The third-order valence-corrected chi connectivity index (χ3v) is 5.30. The number of hydrogen-bond donors (Lipinski definition) is 2. The molecule has 3 amide bonds. The fourth-order valence-electron chi connectivity index (χ4n) is 3.43. The third-order valence-electron chi connectivity index (χ3n) is 4.52. The molecule has 2 aliphatic rings. The second kappa shape index (κ2) is 7.13. The van der Waals surface area contributed by atoms with Crippen LogP contribution >= 0.6 is 11.3 Å². The van der Waals surface area contributed by atoms with Gasteiger partial charge in [-0.15, -0.1) is 11.3 Å². The molecule has 0 radical (unpaired) electrons. The van der Waals surface area contributed by atoms with Crippen LogP contribution in [0.3, 0.4) is 0 Å². The Kier molecular flexibility index (Phi) is 4.97. The van der Waals surface area contributed by atoms with Gasteiger partial charge in [-0.25, -0.2) is 4.79 Å². The second-order valence-corrected chi connectivity index (χ2v) is 7.12. The Labute approximate surface area is 135 Å². The Morgan fingerprint density at radius 3 is 2.68 bits per heavy atom. The second-order valence-electron chi connectivity index (χ2n) is 6.17. The summed E-state index contributed by atoms with van der Waals surface area (Å²) >= 11 is 1.49. The van der Waals surface area contributed by atoms with E-state index >= 15 is 0 Å². The highest BCUT2D eigenvalue weighted by atomic mass is 32.1. The Balaban J connectivity index is 1.51. The first-order chi connectivity index (χ1) is 10.7. The zero-order valence-corrected chi connectivity index (χ0v) is 13.5. The lowest BCUT2D eigenvalue weighted by Crippen LogP contribution is -2.41. The summed E-state index contributed by atoms with van der Waals surface area (Å²) in [6, 6.07) is 3.84. The van der Waals surface area contributed by atoms with Crippen molar-refractivity contribution in [2.75, 3.05) is 11.9 Å². The van der Waals surface area contributed by atoms with Gasteiger partial charge in [0.15, 0.2) is 0 Å². The van der Waals surface area contributed by atoms with E-state index in [0.717, 1.165) is 17.8 Å². The maximum atomic E-state index is 12.3. The highest BCUT2D eigenvalue weighted by Gasteiger charge is 2.35. The quantitative estimate of drug-likeness (QED) is 0.840. The molecular formula is C16H23N3O2S. The number of anilines is 1. The van der Waals surface area contributed by atoms with Crippen LogP contribution in [0.2, 0.25) is 0 Å². The van der Waals surface area contributed by atoms with Gasteiger partial charge >= 0.3 is 6.03 Å². The van der Waals surface area contributed by atoms with E-state index in [2.05, 4.69) is 10.6 Å². The first kappa shape index (κ1) is 15.3. The summed E-state index contributed by atoms with van der Waals surface area (Å²) < 4.78 is 0. The van der Waals surface area contributed by atoms with Gasteiger partial charge in [0.2, 0.25) is 5.91 Å². The monoisotopic (exact) mass is 321 g/mol. The third kappa shape index (κ3) is 3.80. The first-order valence-corrected chi connectivity index (χ1v) is 9.01. The van der Waals surface area contributed by atoms with E-state index in [4.69, 9.17) is 0 Å². The SMILES string of the molecule is O=C(Nc1cccs1)NC1CC(=O)N(C2CCCCCC2)C1. The number of urea groups is 1. The maximum Gasteiger partial charge on any atom is 0.320 e. The van der Waals surface area contributed by atoms with E-state index in [0.29, 0.717) is 19.0 Å². The molecule has 1 aromatic rings. The number of nitrogens with zero attached hydrogens (tertiary/aromatic N) is 1. The summed E-state index contributed by atoms with van der Waals surface area (Å²) in [5, 5.41) is 8.47. The van der Waals surface area contributed by atoms with Crippen LogP contribution < -0.4 is 10.6 Å². The molecule has 120 valence electrons. The Morgan fingerprint density at radius 1 is 1.23 bits per heavy atom. The maximum absolute atomic E-state index is 12.3. The van der Waals surface area contributed by atoms with Crippen molar-refractivity contribution in [1.82, 2.24) is 10.2 Å². The molecule has 2 fully saturated rings. The van der Waals surface area contributed by atoms with Crippen molar-refractivity contribution >= 4 is 28.3 Å². The van der Waals surface area contributed by atoms with Gasteiger partial charge in [0.05, 0.1) is 11.0 Å². The lowest BCUT2D eigenvalue weighted by atomic mass is 10.1. The van der Waals surface area contributed by atoms with Crippen LogP contribution in [-0.2, 0) is 4.79 Å². The lowest BCUT2D eigenvalue weighted by molar-refractivity contribution is -0.129. The van der Waals surface area contributed by atoms with Gasteiger partial charge in [0.25, 0.3) is 0 Å². The number of nitrogens with one attached hydrogen (secondary N) is 2. The van der Waals surface area contributed by atoms with Gasteiger partial charge < -0.3 is 10.2 Å². The number of carbonyl (C=O) groups excluding carboxylic acids is 2. The molecule has 6 heteroatoms. The molecular weight excluding hydrogens is 298 g/mol. The molecule has 1 unspecified atom stereocenters. The van der Waals surface area contributed by atoms with E-state index in [-0.39, 0.29) is 18.0 Å². The molecule has 2 N–H and O–H groups in total. The topological polar surface area (TPSA) is 61.4 Å². The van der Waals surface area contributed by atoms with Gasteiger partial charge in [-0.3, -0.25) is 10.1 Å². The first-order valence-electron chi connectivity index (χ1n) is 8.13. The molecule has 3 rings (SSSR count). The predicted molar refractivity (Wildman–Crippen MR) is 88.1 cm³/mol. The minimum atomic E-state index is -0.219. The largest absolute Gasteiger partial charge is 0.338 e. The van der Waals surface area contributed by atoms with E-state index in [9.17, 15) is 9.59 Å². The van der Waals surface area contributed by atoms with Crippen molar-refractivity contribution < 1.29 is 9.59 Å². The number of thiophene rings is 1. The van der Waals surface area contributed by atoms with Crippen LogP contribution in [0.25, 0.3) is 0 Å². The molecule has 2 heterocycles. The summed E-state index contributed by atoms with van der Waals surface area (Å²) in [6.45, 7) is 0.654. The van der Waals surface area contributed by atoms with Crippen molar-refractivity contribution in [3.8, 4) is 0 Å². The Morgan fingerprint density at radius 2 is 2.00 bits per heavy atom. The summed E-state index contributed by atoms with van der Waals surface area (Å²) in [7, 11) is 0. The summed E-state index contributed by atoms with van der Waals surface area (Å²) in [5.41, 5.74) is 0. The molecule has 1 aromatic heterocycles. The number of carbonyl (C=O) groups is 2. The zero-order valence-electron chi connectivity index (χ0n) is 12.7. The number of likely N-dealkylation sites (tertiary alicyclic amines) is 1. The number of rotatable bonds is 3. The van der Waals surface area contributed by atoms with Crippen LogP contribution in [0.5, 0.6) is 0 Å². The summed E-state index contributed by atoms with van der Waals surface area (Å²) in [4.78, 5) is 26.2. The van der Waals surface area contributed by atoms with Gasteiger partial charge in [-0.1, -0.05) is 25.7 Å². The molecule has 1 saturated carbocycles. The van der Waals surface area contributed by atoms with Crippen molar-refractivity contribution in [1.29, 1.82) is 0 Å². The zero-order chi connectivity index (χ0) is 15.4. The minimum absolute atomic E-state index is 0.0734. The fourth-order valence-corrected chi connectivity index (χ4v) is 4.05. The van der Waals surface area contributed by atoms with Crippen molar-refractivity contribution in [2.24, 2.45) is 0 Å². The molecule has 22 heavy (non-hydrogen) atoms. The molecule has 0 spiro atoms. The van der Waals surface area contributed by atoms with Crippen LogP contribution in [0.1, 0.15) is 44.9 Å². The molecule has 1 aliphatic heterocycles. The highest BCUT2D eigenvalue weighted by Crippen LogP contribution is 2.26. The number of hydrogen-bond acceptors (Lipinski definition) is 3. The smallest absolute Gasteiger partial charge is 0.320 e. The number of amides is 3. The van der Waals surface area contributed by atoms with Gasteiger partial charge in [-0.2, -0.15) is 0 Å². The average Bonchev–Trinajstić information content (AvgIpc) is 3.01. The van der Waals surface area contributed by atoms with Crippen LogP contribution in [0.4, 0.5) is 9.80 Å². The van der Waals surface area contributed by atoms with Crippen molar-refractivity contribution in [2.45, 2.75) is 57.0 Å². The van der Waals surface area contributed by atoms with Gasteiger partial charge in [0, 0.05) is 19.0 Å². The van der Waals surface area contributed by atoms with E-state index in [1.165, 1.54) is 37.0 Å². The van der Waals surface area contributed by atoms with E-state index < -0.39 is 0 Å². The van der Waals surface area contributed by atoms with Crippen LogP contribution in [-0.4, -0.2) is 35.5 Å². The minimum Gasteiger partial charge on any atom is -0.338 e. The Bertz CT molecular complexity index is 509. The van der Waals surface area contributed by atoms with Crippen molar-refractivity contribution in [3.05, 3.63) is 17.5 Å². The molecule has 1 atom stereocenters. The highest BCUT2D eigenvalue weighted by molar-refractivity contribution is 7.14. The van der Waals surface area contributed by atoms with E-state index in [1.807, 2.05) is 22.4 Å². The fraction of sp³-hybridized carbons (Fsp3) is 0.625. The molecule has 1 saturated heterocycles. The van der Waals surface area contributed by atoms with Crippen LogP contribution in [0, 0.1) is 0 Å². The molecule has 0 bridgehead atoms. The van der Waals surface area contributed by atoms with Crippen LogP contribution in [0.15, 0.2) is 17.5 Å².